The summed E-state index contributed by atoms with van der Waals surface area (Å²) in [4.78, 5) is 2.75. The second-order valence-electron chi connectivity index (χ2n) is 2.50. The summed E-state index contributed by atoms with van der Waals surface area (Å²) in [5.74, 6) is 0.939. The van der Waals surface area contributed by atoms with E-state index in [2.05, 4.69) is 10.0 Å². The van der Waals surface area contributed by atoms with E-state index >= 15 is 0 Å². The molecular weight excluding hydrogens is 142 g/mol. The van der Waals surface area contributed by atoms with E-state index in [4.69, 9.17) is 10.3 Å². The molecular formula is C7H11N3O. The van der Waals surface area contributed by atoms with Crippen LogP contribution in [0.4, 0.5) is 0 Å². The highest BCUT2D eigenvalue weighted by atomic mass is 16.5. The standard InChI is InChI=1S/C7H11N3O/c1-11-7-4-2-3-6(5-7)9-10-8/h5-6H,2-4H2,1H3. The maximum absolute atomic E-state index is 8.17. The van der Waals surface area contributed by atoms with Crippen molar-refractivity contribution in [2.24, 2.45) is 5.11 Å². The van der Waals surface area contributed by atoms with Crippen molar-refractivity contribution >= 4 is 0 Å². The van der Waals surface area contributed by atoms with Crippen LogP contribution in [0, 0.1) is 0 Å². The molecule has 1 unspecified atom stereocenters. The van der Waals surface area contributed by atoms with E-state index in [0.29, 0.717) is 0 Å². The zero-order valence-electron chi connectivity index (χ0n) is 6.53. The first kappa shape index (κ1) is 7.95. The van der Waals surface area contributed by atoms with Crippen LogP contribution in [0.15, 0.2) is 16.9 Å². The Labute approximate surface area is 65.5 Å². The number of allylic oxidation sites excluding steroid dienone is 1. The van der Waals surface area contributed by atoms with Crippen LogP contribution in [0.1, 0.15) is 19.3 Å². The molecule has 4 heteroatoms. The van der Waals surface area contributed by atoms with E-state index in [1.54, 1.807) is 7.11 Å². The van der Waals surface area contributed by atoms with Crippen LogP contribution < -0.4 is 0 Å². The molecule has 1 aliphatic rings. The minimum absolute atomic E-state index is 0.00343. The highest BCUT2D eigenvalue weighted by molar-refractivity contribution is 5.04. The predicted octanol–water partition coefficient (Wildman–Crippen LogP) is 2.38. The van der Waals surface area contributed by atoms with Crippen LogP contribution in [-0.4, -0.2) is 13.2 Å². The van der Waals surface area contributed by atoms with Crippen molar-refractivity contribution in [1.82, 2.24) is 0 Å². The van der Waals surface area contributed by atoms with Gasteiger partial charge in [-0.25, -0.2) is 0 Å². The number of methoxy groups -OCH3 is 1. The van der Waals surface area contributed by atoms with E-state index in [-0.39, 0.29) is 6.04 Å². The van der Waals surface area contributed by atoms with Crippen LogP contribution in [0.2, 0.25) is 0 Å². The summed E-state index contributed by atoms with van der Waals surface area (Å²) in [6, 6.07) is 0.00343. The molecule has 60 valence electrons. The Hall–Kier alpha value is -1.15. The fourth-order valence-corrected chi connectivity index (χ4v) is 1.19. The van der Waals surface area contributed by atoms with Crippen molar-refractivity contribution in [2.75, 3.05) is 7.11 Å². The second-order valence-corrected chi connectivity index (χ2v) is 2.50. The summed E-state index contributed by atoms with van der Waals surface area (Å²) in [5.41, 5.74) is 8.17. The second kappa shape index (κ2) is 3.88. The molecule has 0 heterocycles. The largest absolute Gasteiger partial charge is 0.501 e. The van der Waals surface area contributed by atoms with Crippen molar-refractivity contribution in [2.45, 2.75) is 25.3 Å². The average Bonchev–Trinajstić information content (AvgIpc) is 2.06. The van der Waals surface area contributed by atoms with Gasteiger partial charge in [-0.05, 0) is 24.4 Å². The molecule has 1 atom stereocenters. The van der Waals surface area contributed by atoms with Gasteiger partial charge in [0.25, 0.3) is 0 Å². The van der Waals surface area contributed by atoms with Crippen LogP contribution in [-0.2, 0) is 4.74 Å². The first-order chi connectivity index (χ1) is 5.36. The lowest BCUT2D eigenvalue weighted by molar-refractivity contribution is 0.263. The molecule has 0 radical (unpaired) electrons. The first-order valence-corrected chi connectivity index (χ1v) is 3.65. The Morgan fingerprint density at radius 1 is 1.82 bits per heavy atom. The van der Waals surface area contributed by atoms with Gasteiger partial charge in [0, 0.05) is 11.3 Å². The Kier molecular flexibility index (Phi) is 2.81. The third-order valence-electron chi connectivity index (χ3n) is 1.76. The molecule has 0 spiro atoms. The summed E-state index contributed by atoms with van der Waals surface area (Å²) < 4.78 is 5.05. The van der Waals surface area contributed by atoms with E-state index in [1.165, 1.54) is 0 Å². The lowest BCUT2D eigenvalue weighted by atomic mass is 10.0. The summed E-state index contributed by atoms with van der Waals surface area (Å²) in [5, 5.41) is 3.61. The molecule has 0 aromatic rings. The molecule has 1 rings (SSSR count). The van der Waals surface area contributed by atoms with Gasteiger partial charge in [-0.15, -0.1) is 0 Å². The van der Waals surface area contributed by atoms with Gasteiger partial charge in [0.15, 0.2) is 0 Å². The van der Waals surface area contributed by atoms with Crippen molar-refractivity contribution in [1.29, 1.82) is 0 Å². The van der Waals surface area contributed by atoms with Crippen LogP contribution >= 0.6 is 0 Å². The molecule has 0 saturated carbocycles. The van der Waals surface area contributed by atoms with Gasteiger partial charge in [-0.2, -0.15) is 0 Å². The lowest BCUT2D eigenvalue weighted by Gasteiger charge is -2.15. The van der Waals surface area contributed by atoms with Gasteiger partial charge in [0.2, 0.25) is 0 Å². The molecule has 0 saturated heterocycles. The Morgan fingerprint density at radius 3 is 3.27 bits per heavy atom. The monoisotopic (exact) mass is 153 g/mol. The molecule has 0 amide bonds. The van der Waals surface area contributed by atoms with Crippen LogP contribution in [0.3, 0.4) is 0 Å². The minimum atomic E-state index is 0.00343. The molecule has 0 N–H and O–H groups in total. The third kappa shape index (κ3) is 2.16. The Bertz CT molecular complexity index is 206. The third-order valence-corrected chi connectivity index (χ3v) is 1.76. The van der Waals surface area contributed by atoms with Crippen LogP contribution in [0.25, 0.3) is 10.4 Å². The highest BCUT2D eigenvalue weighted by Crippen LogP contribution is 2.20. The van der Waals surface area contributed by atoms with E-state index in [0.717, 1.165) is 25.0 Å². The zero-order valence-corrected chi connectivity index (χ0v) is 6.53. The number of hydrogen-bond acceptors (Lipinski definition) is 2. The summed E-state index contributed by atoms with van der Waals surface area (Å²) >= 11 is 0. The smallest absolute Gasteiger partial charge is 0.0919 e. The maximum atomic E-state index is 8.17. The van der Waals surface area contributed by atoms with E-state index < -0.39 is 0 Å². The number of rotatable bonds is 2. The minimum Gasteiger partial charge on any atom is -0.501 e. The highest BCUT2D eigenvalue weighted by Gasteiger charge is 2.11. The normalized spacial score (nSPS) is 23.4. The van der Waals surface area contributed by atoms with Crippen molar-refractivity contribution < 1.29 is 4.74 Å². The Balaban J connectivity index is 2.62. The molecule has 4 nitrogen and oxygen atoms in total. The topological polar surface area (TPSA) is 58.0 Å². The average molecular weight is 153 g/mol. The number of azide groups is 1. The number of hydrogen-bond donors (Lipinski definition) is 0. The van der Waals surface area contributed by atoms with Crippen molar-refractivity contribution in [3.8, 4) is 0 Å². The van der Waals surface area contributed by atoms with Gasteiger partial charge in [-0.3, -0.25) is 0 Å². The van der Waals surface area contributed by atoms with Gasteiger partial charge in [0.1, 0.15) is 0 Å². The summed E-state index contributed by atoms with van der Waals surface area (Å²) in [7, 11) is 1.64. The molecule has 0 aliphatic heterocycles. The summed E-state index contributed by atoms with van der Waals surface area (Å²) in [6.45, 7) is 0. The predicted molar refractivity (Wildman–Crippen MR) is 41.9 cm³/mol. The zero-order chi connectivity index (χ0) is 8.10. The molecule has 0 bridgehead atoms. The van der Waals surface area contributed by atoms with E-state index in [1.807, 2.05) is 6.08 Å². The van der Waals surface area contributed by atoms with E-state index in [9.17, 15) is 0 Å². The van der Waals surface area contributed by atoms with Gasteiger partial charge in [-0.1, -0.05) is 5.11 Å². The summed E-state index contributed by atoms with van der Waals surface area (Å²) in [6.07, 6.45) is 4.84. The SMILES string of the molecule is COC1=CC(N=[N+]=[N-])CCC1. The fraction of sp³-hybridized carbons (Fsp3) is 0.714. The molecule has 11 heavy (non-hydrogen) atoms. The van der Waals surface area contributed by atoms with Crippen LogP contribution in [0.5, 0.6) is 0 Å². The molecule has 0 fully saturated rings. The maximum Gasteiger partial charge on any atom is 0.0919 e. The van der Waals surface area contributed by atoms with Gasteiger partial charge >= 0.3 is 0 Å². The number of ether oxygens (including phenoxy) is 1. The number of nitrogens with zero attached hydrogens (tertiary/aromatic N) is 3. The molecule has 0 aromatic carbocycles. The Morgan fingerprint density at radius 2 is 2.64 bits per heavy atom. The lowest BCUT2D eigenvalue weighted by Crippen LogP contribution is -2.07. The van der Waals surface area contributed by atoms with Gasteiger partial charge < -0.3 is 4.74 Å². The van der Waals surface area contributed by atoms with Crippen molar-refractivity contribution in [3.63, 3.8) is 0 Å². The fourth-order valence-electron chi connectivity index (χ4n) is 1.19. The van der Waals surface area contributed by atoms with Gasteiger partial charge in [0.05, 0.1) is 18.9 Å². The molecule has 0 aromatic heterocycles. The molecule has 1 aliphatic carbocycles. The first-order valence-electron chi connectivity index (χ1n) is 3.65. The quantitative estimate of drug-likeness (QED) is 0.341. The van der Waals surface area contributed by atoms with Crippen molar-refractivity contribution in [3.05, 3.63) is 22.3 Å².